The Kier molecular flexibility index (Phi) is 5.14. The number of nitrogens with one attached hydrogen (secondary N) is 1. The summed E-state index contributed by atoms with van der Waals surface area (Å²) in [5.41, 5.74) is 3.74. The van der Waals surface area contributed by atoms with E-state index < -0.39 is 12.0 Å². The maximum atomic E-state index is 13.5. The minimum atomic E-state index is -0.428. The van der Waals surface area contributed by atoms with Gasteiger partial charge in [0, 0.05) is 15.7 Å². The van der Waals surface area contributed by atoms with Gasteiger partial charge in [-0.05, 0) is 61.0 Å². The van der Waals surface area contributed by atoms with Crippen molar-refractivity contribution in [2.75, 3.05) is 11.5 Å². The molecule has 1 atom stereocenters. The fraction of sp³-hybridized carbons (Fsp3) is 0.125. The summed E-state index contributed by atoms with van der Waals surface area (Å²) in [4.78, 5) is 27.2. The average molecular weight is 492 g/mol. The number of aromatic amines is 1. The molecule has 4 aromatic rings. The summed E-state index contributed by atoms with van der Waals surface area (Å²) in [7, 11) is 0. The molecular weight excluding hydrogens is 474 g/mol. The van der Waals surface area contributed by atoms with Crippen molar-refractivity contribution < 1.29 is 18.7 Å². The molecule has 7 nitrogen and oxygen atoms in total. The molecule has 0 saturated carbocycles. The number of fused-ring (bicyclic) bond motifs is 1. The Hall–Kier alpha value is -3.65. The number of rotatable bonds is 5. The second kappa shape index (κ2) is 8.12. The first-order valence-electron chi connectivity index (χ1n) is 10.1. The fourth-order valence-electron chi connectivity index (χ4n) is 3.98. The minimum Gasteiger partial charge on any atom is -0.463 e. The van der Waals surface area contributed by atoms with Gasteiger partial charge in [-0.15, -0.1) is 0 Å². The van der Waals surface area contributed by atoms with Crippen molar-refractivity contribution in [3.05, 3.63) is 93.8 Å². The van der Waals surface area contributed by atoms with E-state index in [-0.39, 0.29) is 5.91 Å². The Labute approximate surface area is 192 Å². The smallest absolute Gasteiger partial charge is 0.338 e. The number of benzene rings is 2. The van der Waals surface area contributed by atoms with Gasteiger partial charge in [0.15, 0.2) is 11.5 Å². The highest BCUT2D eigenvalue weighted by atomic mass is 79.9. The first kappa shape index (κ1) is 20.3. The molecule has 1 N–H and O–H groups in total. The van der Waals surface area contributed by atoms with Crippen LogP contribution in [0.5, 0.6) is 0 Å². The molecule has 32 heavy (non-hydrogen) atoms. The lowest BCUT2D eigenvalue weighted by Gasteiger charge is -2.26. The molecule has 0 radical (unpaired) electrons. The number of carbonyl (C=O) groups excluding carboxylic acids is 2. The molecule has 0 spiro atoms. The number of nitrogens with zero attached hydrogens (tertiary/aromatic N) is 2. The van der Waals surface area contributed by atoms with Crippen molar-refractivity contribution >= 4 is 33.5 Å². The van der Waals surface area contributed by atoms with Crippen molar-refractivity contribution in [1.29, 1.82) is 0 Å². The van der Waals surface area contributed by atoms with E-state index in [1.54, 1.807) is 48.4 Å². The molecule has 2 aromatic carbocycles. The number of amides is 1. The average Bonchev–Trinajstić information content (AvgIpc) is 3.52. The lowest BCUT2D eigenvalue weighted by molar-refractivity contribution is 0.0526. The van der Waals surface area contributed by atoms with Crippen molar-refractivity contribution in [1.82, 2.24) is 10.2 Å². The minimum absolute atomic E-state index is 0.233. The number of H-pyrrole nitrogens is 1. The molecular formula is C24H18BrN3O4. The summed E-state index contributed by atoms with van der Waals surface area (Å²) in [6.45, 7) is 2.06. The number of carbonyl (C=O) groups is 2. The Bertz CT molecular complexity index is 1300. The first-order valence-corrected chi connectivity index (χ1v) is 10.9. The third-order valence-corrected chi connectivity index (χ3v) is 5.84. The maximum Gasteiger partial charge on any atom is 0.338 e. The zero-order valence-corrected chi connectivity index (χ0v) is 18.6. The lowest BCUT2D eigenvalue weighted by atomic mass is 9.97. The Morgan fingerprint density at radius 1 is 1.19 bits per heavy atom. The van der Waals surface area contributed by atoms with Crippen molar-refractivity contribution in [2.24, 2.45) is 0 Å². The van der Waals surface area contributed by atoms with Crippen molar-refractivity contribution in [3.63, 3.8) is 0 Å². The number of ether oxygens (including phenoxy) is 1. The summed E-state index contributed by atoms with van der Waals surface area (Å²) in [5, 5.41) is 7.29. The largest absolute Gasteiger partial charge is 0.463 e. The summed E-state index contributed by atoms with van der Waals surface area (Å²) < 4.78 is 11.6. The van der Waals surface area contributed by atoms with E-state index >= 15 is 0 Å². The molecule has 0 unspecified atom stereocenters. The van der Waals surface area contributed by atoms with Crippen LogP contribution >= 0.6 is 15.9 Å². The monoisotopic (exact) mass is 491 g/mol. The SMILES string of the molecule is CCOC(=O)c1ccc(N2C(=O)c3n[nH]c(-c4ccco4)c3[C@@H]2c2cccc(Br)c2)cc1. The first-order chi connectivity index (χ1) is 15.6. The molecule has 3 heterocycles. The zero-order valence-electron chi connectivity index (χ0n) is 17.0. The molecule has 0 fully saturated rings. The van der Waals surface area contributed by atoms with Gasteiger partial charge >= 0.3 is 5.97 Å². The van der Waals surface area contributed by atoms with Gasteiger partial charge in [-0.1, -0.05) is 28.1 Å². The van der Waals surface area contributed by atoms with E-state index in [1.165, 1.54) is 0 Å². The summed E-state index contributed by atoms with van der Waals surface area (Å²) in [6.07, 6.45) is 1.58. The quantitative estimate of drug-likeness (QED) is 0.379. The van der Waals surface area contributed by atoms with E-state index in [0.29, 0.717) is 35.0 Å². The summed E-state index contributed by atoms with van der Waals surface area (Å²) in [6, 6.07) is 17.8. The van der Waals surface area contributed by atoms with Crippen LogP contribution in [0.3, 0.4) is 0 Å². The number of furan rings is 1. The Morgan fingerprint density at radius 3 is 2.69 bits per heavy atom. The number of hydrogen-bond acceptors (Lipinski definition) is 5. The predicted octanol–water partition coefficient (Wildman–Crippen LogP) is 5.36. The third kappa shape index (κ3) is 3.33. The maximum absolute atomic E-state index is 13.5. The predicted molar refractivity (Wildman–Crippen MR) is 121 cm³/mol. The normalized spacial score (nSPS) is 15.1. The molecule has 5 rings (SSSR count). The number of esters is 1. The van der Waals surface area contributed by atoms with Crippen LogP contribution in [0.1, 0.15) is 44.9 Å². The van der Waals surface area contributed by atoms with E-state index in [0.717, 1.165) is 15.6 Å². The Morgan fingerprint density at radius 2 is 2.00 bits per heavy atom. The molecule has 0 aliphatic carbocycles. The van der Waals surface area contributed by atoms with Crippen LogP contribution in [-0.4, -0.2) is 28.7 Å². The van der Waals surface area contributed by atoms with Gasteiger partial charge in [0.05, 0.1) is 24.5 Å². The molecule has 1 amide bonds. The van der Waals surface area contributed by atoms with Crippen LogP contribution < -0.4 is 4.90 Å². The summed E-state index contributed by atoms with van der Waals surface area (Å²) >= 11 is 3.53. The van der Waals surface area contributed by atoms with Crippen LogP contribution in [0, 0.1) is 0 Å². The standard InChI is InChI=1S/C24H18BrN3O4/c1-2-31-24(30)14-8-10-17(11-9-14)28-22(15-5-3-6-16(25)13-15)19-20(18-7-4-12-32-18)26-27-21(19)23(28)29/h3-13,22H,2H2,1H3,(H,26,27)/t22-/m0/s1. The molecule has 1 aliphatic rings. The van der Waals surface area contributed by atoms with Crippen LogP contribution in [0.15, 0.2) is 75.8 Å². The van der Waals surface area contributed by atoms with E-state index in [1.807, 2.05) is 30.3 Å². The summed E-state index contributed by atoms with van der Waals surface area (Å²) in [5.74, 6) is -0.0300. The van der Waals surface area contributed by atoms with Crippen LogP contribution in [0.4, 0.5) is 5.69 Å². The van der Waals surface area contributed by atoms with Crippen LogP contribution in [-0.2, 0) is 4.74 Å². The van der Waals surface area contributed by atoms with Gasteiger partial charge in [-0.3, -0.25) is 14.8 Å². The third-order valence-electron chi connectivity index (χ3n) is 5.35. The van der Waals surface area contributed by atoms with Crippen LogP contribution in [0.2, 0.25) is 0 Å². The van der Waals surface area contributed by atoms with Crippen molar-refractivity contribution in [2.45, 2.75) is 13.0 Å². The molecule has 0 saturated heterocycles. The number of aromatic nitrogens is 2. The molecule has 160 valence electrons. The van der Waals surface area contributed by atoms with Crippen LogP contribution in [0.25, 0.3) is 11.5 Å². The van der Waals surface area contributed by atoms with Gasteiger partial charge < -0.3 is 9.15 Å². The molecule has 1 aliphatic heterocycles. The van der Waals surface area contributed by atoms with Gasteiger partial charge in [-0.25, -0.2) is 4.79 Å². The van der Waals surface area contributed by atoms with Gasteiger partial charge in [-0.2, -0.15) is 5.10 Å². The van der Waals surface area contributed by atoms with Gasteiger partial charge in [0.2, 0.25) is 0 Å². The Balaban J connectivity index is 1.63. The van der Waals surface area contributed by atoms with Crippen molar-refractivity contribution in [3.8, 4) is 11.5 Å². The fourth-order valence-corrected chi connectivity index (χ4v) is 4.40. The second-order valence-corrected chi connectivity index (χ2v) is 8.15. The molecule has 8 heteroatoms. The highest BCUT2D eigenvalue weighted by molar-refractivity contribution is 9.10. The topological polar surface area (TPSA) is 88.4 Å². The zero-order chi connectivity index (χ0) is 22.2. The number of hydrogen-bond donors (Lipinski definition) is 1. The van der Waals surface area contributed by atoms with E-state index in [2.05, 4.69) is 26.1 Å². The number of anilines is 1. The molecule has 0 bridgehead atoms. The lowest BCUT2D eigenvalue weighted by Crippen LogP contribution is -2.29. The van der Waals surface area contributed by atoms with Gasteiger partial charge in [0.25, 0.3) is 5.91 Å². The highest BCUT2D eigenvalue weighted by Crippen LogP contribution is 2.45. The van der Waals surface area contributed by atoms with E-state index in [9.17, 15) is 9.59 Å². The second-order valence-electron chi connectivity index (χ2n) is 7.24. The molecule has 2 aromatic heterocycles. The van der Waals surface area contributed by atoms with Gasteiger partial charge in [0.1, 0.15) is 5.69 Å². The van der Waals surface area contributed by atoms with E-state index in [4.69, 9.17) is 9.15 Å². The highest BCUT2D eigenvalue weighted by Gasteiger charge is 2.43. The number of halogens is 1.